The minimum Gasteiger partial charge on any atom is -0.385 e. The second-order valence-electron chi connectivity index (χ2n) is 4.97. The molecule has 2 aromatic carbocycles. The van der Waals surface area contributed by atoms with Crippen LogP contribution in [0.5, 0.6) is 0 Å². The van der Waals surface area contributed by atoms with Crippen molar-refractivity contribution in [3.63, 3.8) is 0 Å². The zero-order valence-electron chi connectivity index (χ0n) is 12.5. The minimum absolute atomic E-state index is 0.0911. The number of carbonyl (C=O) groups is 1. The molecule has 2 N–H and O–H groups in total. The number of anilines is 2. The number of aryl methyl sites for hydroxylation is 2. The Bertz CT molecular complexity index is 668. The zero-order valence-corrected chi connectivity index (χ0v) is 14.0. The van der Waals surface area contributed by atoms with E-state index in [0.29, 0.717) is 5.56 Å². The quantitative estimate of drug-likeness (QED) is 0.838. The number of benzene rings is 2. The second kappa shape index (κ2) is 6.76. The number of rotatable bonds is 4. The van der Waals surface area contributed by atoms with Crippen LogP contribution in [-0.4, -0.2) is 12.5 Å². The van der Waals surface area contributed by atoms with Crippen molar-refractivity contribution in [2.24, 2.45) is 0 Å². The lowest BCUT2D eigenvalue weighted by atomic mass is 10.1. The molecule has 0 bridgehead atoms. The lowest BCUT2D eigenvalue weighted by Gasteiger charge is -2.11. The number of carbonyl (C=O) groups excluding carboxylic acids is 1. The van der Waals surface area contributed by atoms with Gasteiger partial charge in [0.1, 0.15) is 0 Å². The van der Waals surface area contributed by atoms with Gasteiger partial charge in [0.15, 0.2) is 0 Å². The molecule has 0 aliphatic rings. The fourth-order valence-corrected chi connectivity index (χ4v) is 2.63. The van der Waals surface area contributed by atoms with Crippen LogP contribution in [0.15, 0.2) is 40.9 Å². The Morgan fingerprint density at radius 1 is 1.05 bits per heavy atom. The molecule has 0 spiro atoms. The Labute approximate surface area is 133 Å². The van der Waals surface area contributed by atoms with E-state index in [1.54, 1.807) is 0 Å². The summed E-state index contributed by atoms with van der Waals surface area (Å²) in [5.74, 6) is -0.0911. The standard InChI is InChI=1S/C17H19BrN2O/c1-4-19-15-7-5-13(9-11(15)2)17(21)20-16-8-6-14(18)10-12(16)3/h5-10,19H,4H2,1-3H3,(H,20,21). The van der Waals surface area contributed by atoms with E-state index in [2.05, 4.69) is 33.5 Å². The summed E-state index contributed by atoms with van der Waals surface area (Å²) in [4.78, 5) is 12.3. The maximum atomic E-state index is 12.3. The molecule has 0 aromatic heterocycles. The van der Waals surface area contributed by atoms with Gasteiger partial charge in [-0.1, -0.05) is 15.9 Å². The summed E-state index contributed by atoms with van der Waals surface area (Å²) < 4.78 is 1.00. The predicted octanol–water partition coefficient (Wildman–Crippen LogP) is 4.75. The van der Waals surface area contributed by atoms with Gasteiger partial charge in [-0.15, -0.1) is 0 Å². The van der Waals surface area contributed by atoms with Gasteiger partial charge in [0.2, 0.25) is 0 Å². The molecule has 0 aliphatic heterocycles. The average Bonchev–Trinajstić information content (AvgIpc) is 2.44. The molecule has 0 radical (unpaired) electrons. The van der Waals surface area contributed by atoms with Crippen LogP contribution in [0.4, 0.5) is 11.4 Å². The third-order valence-electron chi connectivity index (χ3n) is 3.29. The van der Waals surface area contributed by atoms with Crippen molar-refractivity contribution >= 4 is 33.2 Å². The second-order valence-corrected chi connectivity index (χ2v) is 5.89. The third kappa shape index (κ3) is 3.85. The number of halogens is 1. The highest BCUT2D eigenvalue weighted by molar-refractivity contribution is 9.10. The molecule has 110 valence electrons. The highest BCUT2D eigenvalue weighted by Gasteiger charge is 2.09. The predicted molar refractivity (Wildman–Crippen MR) is 92.2 cm³/mol. The Kier molecular flexibility index (Phi) is 5.02. The molecular formula is C17H19BrN2O. The maximum Gasteiger partial charge on any atom is 0.255 e. The number of amides is 1. The molecule has 0 heterocycles. The van der Waals surface area contributed by atoms with Gasteiger partial charge >= 0.3 is 0 Å². The van der Waals surface area contributed by atoms with Gasteiger partial charge in [0.05, 0.1) is 0 Å². The fourth-order valence-electron chi connectivity index (χ4n) is 2.16. The lowest BCUT2D eigenvalue weighted by molar-refractivity contribution is 0.102. The normalized spacial score (nSPS) is 10.3. The molecule has 21 heavy (non-hydrogen) atoms. The van der Waals surface area contributed by atoms with Crippen molar-refractivity contribution in [2.45, 2.75) is 20.8 Å². The van der Waals surface area contributed by atoms with Gasteiger partial charge in [-0.05, 0) is 68.3 Å². The minimum atomic E-state index is -0.0911. The topological polar surface area (TPSA) is 41.1 Å². The van der Waals surface area contributed by atoms with Crippen LogP contribution in [0.1, 0.15) is 28.4 Å². The maximum absolute atomic E-state index is 12.3. The van der Waals surface area contributed by atoms with Gasteiger partial charge in [-0.3, -0.25) is 4.79 Å². The van der Waals surface area contributed by atoms with Crippen LogP contribution in [-0.2, 0) is 0 Å². The van der Waals surface area contributed by atoms with E-state index in [4.69, 9.17) is 0 Å². The van der Waals surface area contributed by atoms with Crippen molar-refractivity contribution < 1.29 is 4.79 Å². The van der Waals surface area contributed by atoms with E-state index in [-0.39, 0.29) is 5.91 Å². The van der Waals surface area contributed by atoms with E-state index in [9.17, 15) is 4.79 Å². The van der Waals surface area contributed by atoms with Gasteiger partial charge in [0, 0.05) is 28.0 Å². The number of nitrogens with one attached hydrogen (secondary N) is 2. The number of hydrogen-bond acceptors (Lipinski definition) is 2. The van der Waals surface area contributed by atoms with Crippen molar-refractivity contribution in [3.8, 4) is 0 Å². The molecule has 1 amide bonds. The molecule has 0 atom stereocenters. The highest BCUT2D eigenvalue weighted by Crippen LogP contribution is 2.22. The van der Waals surface area contributed by atoms with Crippen molar-refractivity contribution in [1.29, 1.82) is 0 Å². The van der Waals surface area contributed by atoms with E-state index >= 15 is 0 Å². The molecule has 2 aromatic rings. The Hall–Kier alpha value is -1.81. The van der Waals surface area contributed by atoms with Crippen LogP contribution >= 0.6 is 15.9 Å². The molecule has 0 fully saturated rings. The first-order valence-electron chi connectivity index (χ1n) is 6.93. The molecule has 2 rings (SSSR count). The van der Waals surface area contributed by atoms with Crippen LogP contribution in [0, 0.1) is 13.8 Å². The SMILES string of the molecule is CCNc1ccc(C(=O)Nc2ccc(Br)cc2C)cc1C. The molecule has 4 heteroatoms. The first kappa shape index (κ1) is 15.6. The smallest absolute Gasteiger partial charge is 0.255 e. The zero-order chi connectivity index (χ0) is 15.4. The molecule has 0 saturated carbocycles. The fraction of sp³-hybridized carbons (Fsp3) is 0.235. The summed E-state index contributed by atoms with van der Waals surface area (Å²) in [7, 11) is 0. The molecule has 0 aliphatic carbocycles. The first-order chi connectivity index (χ1) is 10.0. The summed E-state index contributed by atoms with van der Waals surface area (Å²) in [5.41, 5.74) is 4.65. The highest BCUT2D eigenvalue weighted by atomic mass is 79.9. The average molecular weight is 347 g/mol. The molecule has 0 unspecified atom stereocenters. The van der Waals surface area contributed by atoms with Gasteiger partial charge < -0.3 is 10.6 Å². The summed E-state index contributed by atoms with van der Waals surface area (Å²) in [6, 6.07) is 11.5. The first-order valence-corrected chi connectivity index (χ1v) is 7.72. The van der Waals surface area contributed by atoms with Crippen LogP contribution < -0.4 is 10.6 Å². The van der Waals surface area contributed by atoms with Crippen molar-refractivity contribution in [2.75, 3.05) is 17.2 Å². The van der Waals surface area contributed by atoms with E-state index < -0.39 is 0 Å². The summed E-state index contributed by atoms with van der Waals surface area (Å²) in [5, 5.41) is 6.22. The van der Waals surface area contributed by atoms with Gasteiger partial charge in [-0.25, -0.2) is 0 Å². The summed E-state index contributed by atoms with van der Waals surface area (Å²) in [6.07, 6.45) is 0. The van der Waals surface area contributed by atoms with E-state index in [0.717, 1.165) is 33.5 Å². The molecule has 0 saturated heterocycles. The summed E-state index contributed by atoms with van der Waals surface area (Å²) in [6.45, 7) is 6.89. The van der Waals surface area contributed by atoms with Crippen molar-refractivity contribution in [3.05, 3.63) is 57.6 Å². The van der Waals surface area contributed by atoms with Gasteiger partial charge in [-0.2, -0.15) is 0 Å². The molecular weight excluding hydrogens is 328 g/mol. The Morgan fingerprint density at radius 3 is 2.33 bits per heavy atom. The van der Waals surface area contributed by atoms with E-state index in [1.807, 2.05) is 50.2 Å². The van der Waals surface area contributed by atoms with Crippen LogP contribution in [0.2, 0.25) is 0 Å². The van der Waals surface area contributed by atoms with Crippen LogP contribution in [0.25, 0.3) is 0 Å². The van der Waals surface area contributed by atoms with Gasteiger partial charge in [0.25, 0.3) is 5.91 Å². The van der Waals surface area contributed by atoms with Crippen LogP contribution in [0.3, 0.4) is 0 Å². The largest absolute Gasteiger partial charge is 0.385 e. The number of hydrogen-bond donors (Lipinski definition) is 2. The Morgan fingerprint density at radius 2 is 1.71 bits per heavy atom. The summed E-state index contributed by atoms with van der Waals surface area (Å²) >= 11 is 3.42. The molecule has 3 nitrogen and oxygen atoms in total. The van der Waals surface area contributed by atoms with Crippen molar-refractivity contribution in [1.82, 2.24) is 0 Å². The monoisotopic (exact) mass is 346 g/mol. The Balaban J connectivity index is 2.18. The third-order valence-corrected chi connectivity index (χ3v) is 3.79. The lowest BCUT2D eigenvalue weighted by Crippen LogP contribution is -2.13. The van der Waals surface area contributed by atoms with E-state index in [1.165, 1.54) is 0 Å².